The summed E-state index contributed by atoms with van der Waals surface area (Å²) in [5, 5.41) is 12.3. The Morgan fingerprint density at radius 2 is 1.95 bits per heavy atom. The number of rotatable bonds is 7. The summed E-state index contributed by atoms with van der Waals surface area (Å²) in [6, 6.07) is 4.92. The number of anilines is 1. The first kappa shape index (κ1) is 16.2. The molecule has 4 heteroatoms. The van der Waals surface area contributed by atoms with Gasteiger partial charge in [-0.2, -0.15) is 5.10 Å². The van der Waals surface area contributed by atoms with E-state index in [1.807, 2.05) is 0 Å². The Balaban J connectivity index is 1.95. The first-order valence-corrected chi connectivity index (χ1v) is 8.19. The molecule has 2 rings (SSSR count). The highest BCUT2D eigenvalue weighted by Crippen LogP contribution is 2.30. The molecule has 1 aliphatic rings. The van der Waals surface area contributed by atoms with Gasteiger partial charge in [0.1, 0.15) is 0 Å². The molecule has 0 spiro atoms. The molecule has 1 aliphatic carbocycles. The second-order valence-corrected chi connectivity index (χ2v) is 7.59. The molecule has 0 bridgehead atoms. The van der Waals surface area contributed by atoms with Crippen LogP contribution in [0.5, 0.6) is 0 Å². The van der Waals surface area contributed by atoms with E-state index in [-0.39, 0.29) is 5.54 Å². The predicted molar refractivity (Wildman–Crippen MR) is 88.4 cm³/mol. The van der Waals surface area contributed by atoms with Gasteiger partial charge in [0.15, 0.2) is 5.82 Å². The first-order chi connectivity index (χ1) is 9.85. The van der Waals surface area contributed by atoms with E-state index in [9.17, 15) is 0 Å². The van der Waals surface area contributed by atoms with E-state index in [1.54, 1.807) is 0 Å². The summed E-state index contributed by atoms with van der Waals surface area (Å²) in [5.41, 5.74) is 1.12. The molecule has 0 atom stereocenters. The monoisotopic (exact) mass is 290 g/mol. The van der Waals surface area contributed by atoms with Crippen LogP contribution in [-0.4, -0.2) is 28.3 Å². The minimum absolute atomic E-state index is 0.109. The van der Waals surface area contributed by atoms with Crippen LogP contribution in [0.4, 0.5) is 5.82 Å². The number of hydrogen-bond donors (Lipinski definition) is 1. The molecule has 0 aliphatic heterocycles. The fraction of sp³-hybridized carbons (Fsp3) is 0.765. The van der Waals surface area contributed by atoms with Crippen molar-refractivity contribution in [2.45, 2.75) is 72.0 Å². The van der Waals surface area contributed by atoms with Gasteiger partial charge in [-0.3, -0.25) is 0 Å². The minimum atomic E-state index is 0.109. The third kappa shape index (κ3) is 5.62. The Bertz CT molecular complexity index is 429. The van der Waals surface area contributed by atoms with Crippen molar-refractivity contribution in [3.63, 3.8) is 0 Å². The summed E-state index contributed by atoms with van der Waals surface area (Å²) >= 11 is 0. The molecule has 1 aromatic heterocycles. The molecule has 118 valence electrons. The summed E-state index contributed by atoms with van der Waals surface area (Å²) in [6.45, 7) is 12.9. The highest BCUT2D eigenvalue weighted by Gasteiger charge is 2.30. The van der Waals surface area contributed by atoms with Crippen LogP contribution in [0.25, 0.3) is 0 Å². The van der Waals surface area contributed by atoms with Gasteiger partial charge < -0.3 is 10.2 Å². The molecule has 21 heavy (non-hydrogen) atoms. The van der Waals surface area contributed by atoms with Crippen LogP contribution < -0.4 is 10.2 Å². The molecule has 1 aromatic rings. The van der Waals surface area contributed by atoms with Crippen LogP contribution >= 0.6 is 0 Å². The SMILES string of the molecule is CC(C)CCN(c1ccc(CNC(C)(C)C)nn1)C1CC1. The van der Waals surface area contributed by atoms with E-state index < -0.39 is 0 Å². The zero-order valence-corrected chi connectivity index (χ0v) is 14.2. The molecule has 0 unspecified atom stereocenters. The Morgan fingerprint density at radius 1 is 1.24 bits per heavy atom. The zero-order valence-electron chi connectivity index (χ0n) is 14.2. The predicted octanol–water partition coefficient (Wildman–Crippen LogP) is 3.38. The van der Waals surface area contributed by atoms with Crippen molar-refractivity contribution < 1.29 is 0 Å². The fourth-order valence-corrected chi connectivity index (χ4v) is 2.22. The standard InChI is InChI=1S/C17H30N4/c1-13(2)10-11-21(15-7-8-15)16-9-6-14(19-20-16)12-18-17(3,4)5/h6,9,13,15,18H,7-8,10-12H2,1-5H3. The summed E-state index contributed by atoms with van der Waals surface area (Å²) in [6.07, 6.45) is 3.81. The van der Waals surface area contributed by atoms with E-state index in [2.05, 4.69) is 67.2 Å². The van der Waals surface area contributed by atoms with E-state index in [4.69, 9.17) is 0 Å². The number of aromatic nitrogens is 2. The molecule has 0 amide bonds. The first-order valence-electron chi connectivity index (χ1n) is 8.19. The second kappa shape index (κ2) is 6.73. The number of nitrogens with one attached hydrogen (secondary N) is 1. The Morgan fingerprint density at radius 3 is 2.43 bits per heavy atom. The Labute approximate surface area is 129 Å². The van der Waals surface area contributed by atoms with E-state index in [0.717, 1.165) is 30.5 Å². The van der Waals surface area contributed by atoms with Crippen LogP contribution in [0.15, 0.2) is 12.1 Å². The lowest BCUT2D eigenvalue weighted by atomic mass is 10.1. The van der Waals surface area contributed by atoms with Crippen LogP contribution in [0.1, 0.15) is 59.6 Å². The number of hydrogen-bond acceptors (Lipinski definition) is 4. The van der Waals surface area contributed by atoms with Gasteiger partial charge in [0.25, 0.3) is 0 Å². The smallest absolute Gasteiger partial charge is 0.151 e. The van der Waals surface area contributed by atoms with Gasteiger partial charge in [-0.1, -0.05) is 13.8 Å². The molecule has 0 aromatic carbocycles. The molecule has 0 saturated heterocycles. The van der Waals surface area contributed by atoms with Gasteiger partial charge in [-0.15, -0.1) is 5.10 Å². The lowest BCUT2D eigenvalue weighted by molar-refractivity contribution is 0.420. The van der Waals surface area contributed by atoms with Crippen molar-refractivity contribution >= 4 is 5.82 Å². The van der Waals surface area contributed by atoms with Gasteiger partial charge in [0, 0.05) is 24.7 Å². The average Bonchev–Trinajstić information content (AvgIpc) is 3.21. The molecule has 1 heterocycles. The van der Waals surface area contributed by atoms with Crippen LogP contribution in [0, 0.1) is 5.92 Å². The van der Waals surface area contributed by atoms with Crippen molar-refractivity contribution in [3.8, 4) is 0 Å². The third-order valence-corrected chi connectivity index (χ3v) is 3.73. The summed E-state index contributed by atoms with van der Waals surface area (Å²) < 4.78 is 0. The Hall–Kier alpha value is -1.16. The van der Waals surface area contributed by atoms with Crippen molar-refractivity contribution in [2.75, 3.05) is 11.4 Å². The van der Waals surface area contributed by atoms with E-state index in [0.29, 0.717) is 6.04 Å². The van der Waals surface area contributed by atoms with Gasteiger partial charge >= 0.3 is 0 Å². The maximum absolute atomic E-state index is 4.45. The van der Waals surface area contributed by atoms with Crippen molar-refractivity contribution in [1.82, 2.24) is 15.5 Å². The lowest BCUT2D eigenvalue weighted by Crippen LogP contribution is -2.35. The maximum Gasteiger partial charge on any atom is 0.151 e. The molecular formula is C17H30N4. The average molecular weight is 290 g/mol. The van der Waals surface area contributed by atoms with E-state index >= 15 is 0 Å². The van der Waals surface area contributed by atoms with Gasteiger partial charge in [0.05, 0.1) is 5.69 Å². The third-order valence-electron chi connectivity index (χ3n) is 3.73. The maximum atomic E-state index is 4.45. The van der Waals surface area contributed by atoms with Crippen molar-refractivity contribution in [3.05, 3.63) is 17.8 Å². The fourth-order valence-electron chi connectivity index (χ4n) is 2.22. The highest BCUT2D eigenvalue weighted by molar-refractivity contribution is 5.40. The lowest BCUT2D eigenvalue weighted by Gasteiger charge is -2.24. The van der Waals surface area contributed by atoms with Gasteiger partial charge in [-0.25, -0.2) is 0 Å². The van der Waals surface area contributed by atoms with E-state index in [1.165, 1.54) is 19.3 Å². The quantitative estimate of drug-likeness (QED) is 0.836. The van der Waals surface area contributed by atoms with Crippen LogP contribution in [-0.2, 0) is 6.54 Å². The summed E-state index contributed by atoms with van der Waals surface area (Å²) in [4.78, 5) is 2.44. The van der Waals surface area contributed by atoms with Gasteiger partial charge in [0.2, 0.25) is 0 Å². The topological polar surface area (TPSA) is 41.0 Å². The molecular weight excluding hydrogens is 260 g/mol. The second-order valence-electron chi connectivity index (χ2n) is 7.59. The summed E-state index contributed by atoms with van der Waals surface area (Å²) in [7, 11) is 0. The molecule has 1 N–H and O–H groups in total. The van der Waals surface area contributed by atoms with Gasteiger partial charge in [-0.05, 0) is 58.1 Å². The number of nitrogens with zero attached hydrogens (tertiary/aromatic N) is 3. The molecule has 1 fully saturated rings. The van der Waals surface area contributed by atoms with Crippen molar-refractivity contribution in [1.29, 1.82) is 0 Å². The minimum Gasteiger partial charge on any atom is -0.352 e. The normalized spacial score (nSPS) is 15.5. The van der Waals surface area contributed by atoms with Crippen LogP contribution in [0.2, 0.25) is 0 Å². The van der Waals surface area contributed by atoms with Crippen LogP contribution in [0.3, 0.4) is 0 Å². The highest BCUT2D eigenvalue weighted by atomic mass is 15.3. The Kier molecular flexibility index (Phi) is 5.20. The van der Waals surface area contributed by atoms with Crippen molar-refractivity contribution in [2.24, 2.45) is 5.92 Å². The largest absolute Gasteiger partial charge is 0.352 e. The summed E-state index contributed by atoms with van der Waals surface area (Å²) in [5.74, 6) is 1.77. The molecule has 1 saturated carbocycles. The molecule has 0 radical (unpaired) electrons. The molecule has 4 nitrogen and oxygen atoms in total. The zero-order chi connectivity index (χ0) is 15.5.